The molecular weight excluding hydrogens is 412 g/mol. The maximum Gasteiger partial charge on any atom is 0.213 e. The molecular formula is C23H26N4OS2. The van der Waals surface area contributed by atoms with Crippen molar-refractivity contribution in [2.75, 3.05) is 17.3 Å². The molecule has 1 aliphatic carbocycles. The number of carbonyl (C=O) groups excluding carboxylic acids is 1. The summed E-state index contributed by atoms with van der Waals surface area (Å²) < 4.78 is 3.11. The molecule has 2 aromatic heterocycles. The highest BCUT2D eigenvalue weighted by Crippen LogP contribution is 2.49. The fourth-order valence-corrected chi connectivity index (χ4v) is 6.22. The molecule has 0 spiro atoms. The number of Topliss-reactive ketones (excluding diaryl/α,β-unsaturated/α-hetero) is 1. The molecule has 0 saturated heterocycles. The summed E-state index contributed by atoms with van der Waals surface area (Å²) in [4.78, 5) is 18.0. The Morgan fingerprint density at radius 1 is 1.30 bits per heavy atom. The minimum absolute atomic E-state index is 0.0275. The van der Waals surface area contributed by atoms with E-state index in [2.05, 4.69) is 38.4 Å². The molecule has 0 bridgehead atoms. The summed E-state index contributed by atoms with van der Waals surface area (Å²) >= 11 is 3.48. The van der Waals surface area contributed by atoms with E-state index in [-0.39, 0.29) is 17.1 Å². The third-order valence-electron chi connectivity index (χ3n) is 6.07. The molecule has 2 aliphatic rings. The molecule has 5 rings (SSSR count). The lowest BCUT2D eigenvalue weighted by molar-refractivity contribution is -0.118. The van der Waals surface area contributed by atoms with Gasteiger partial charge in [0.15, 0.2) is 5.78 Å². The summed E-state index contributed by atoms with van der Waals surface area (Å²) in [6.45, 7) is 6.41. The second-order valence-electron chi connectivity index (χ2n) is 9.02. The van der Waals surface area contributed by atoms with Crippen molar-refractivity contribution in [1.82, 2.24) is 14.8 Å². The van der Waals surface area contributed by atoms with E-state index >= 15 is 0 Å². The standard InChI is InChI=1S/C23H26N4OS2/c1-13-19-14(9-10-29-4)20-16(11-23(2,3)12-17(20)28)24-21(19)27(26-13)22-25-15-7-5-6-8-18(15)30-22/h5-8,14,24H,9-12H2,1-4H3/t14-/m0/s1. The van der Waals surface area contributed by atoms with Crippen molar-refractivity contribution in [3.63, 3.8) is 0 Å². The zero-order valence-corrected chi connectivity index (χ0v) is 19.4. The molecule has 3 aromatic rings. The monoisotopic (exact) mass is 438 g/mol. The second kappa shape index (κ2) is 7.24. The molecule has 5 nitrogen and oxygen atoms in total. The number of anilines is 1. The highest BCUT2D eigenvalue weighted by atomic mass is 32.2. The number of thiazole rings is 1. The van der Waals surface area contributed by atoms with Crippen molar-refractivity contribution in [3.05, 3.63) is 46.8 Å². The zero-order chi connectivity index (χ0) is 21.0. The maximum absolute atomic E-state index is 13.2. The number of nitrogens with one attached hydrogen (secondary N) is 1. The van der Waals surface area contributed by atoms with Gasteiger partial charge in [0, 0.05) is 29.2 Å². The van der Waals surface area contributed by atoms with Gasteiger partial charge in [0.05, 0.1) is 15.9 Å². The Kier molecular flexibility index (Phi) is 4.78. The molecule has 0 unspecified atom stereocenters. The number of aromatic nitrogens is 3. The number of hydrogen-bond acceptors (Lipinski definition) is 6. The van der Waals surface area contributed by atoms with Gasteiger partial charge in [0.2, 0.25) is 5.13 Å². The molecule has 1 N–H and O–H groups in total. The van der Waals surface area contributed by atoms with Crippen LogP contribution in [-0.4, -0.2) is 32.6 Å². The predicted molar refractivity (Wildman–Crippen MR) is 126 cm³/mol. The average Bonchev–Trinajstić information content (AvgIpc) is 3.25. The fraction of sp³-hybridized carbons (Fsp3) is 0.435. The Bertz CT molecular complexity index is 1150. The summed E-state index contributed by atoms with van der Waals surface area (Å²) in [5.74, 6) is 2.40. The number of benzene rings is 1. The van der Waals surface area contributed by atoms with Crippen molar-refractivity contribution in [2.45, 2.75) is 46.0 Å². The number of rotatable bonds is 4. The summed E-state index contributed by atoms with van der Waals surface area (Å²) in [5, 5.41) is 9.40. The number of aryl methyl sites for hydroxylation is 1. The minimum atomic E-state index is -0.0275. The van der Waals surface area contributed by atoms with E-state index in [1.165, 1.54) is 0 Å². The Morgan fingerprint density at radius 2 is 2.10 bits per heavy atom. The number of carbonyl (C=O) groups is 1. The number of hydrogen-bond donors (Lipinski definition) is 1. The van der Waals surface area contributed by atoms with E-state index in [0.29, 0.717) is 6.42 Å². The third kappa shape index (κ3) is 3.19. The van der Waals surface area contributed by atoms with Crippen LogP contribution in [0.25, 0.3) is 15.3 Å². The zero-order valence-electron chi connectivity index (χ0n) is 17.8. The molecule has 1 atom stereocenters. The van der Waals surface area contributed by atoms with Gasteiger partial charge in [-0.2, -0.15) is 21.5 Å². The van der Waals surface area contributed by atoms with Gasteiger partial charge in [0.25, 0.3) is 0 Å². The van der Waals surface area contributed by atoms with Gasteiger partial charge >= 0.3 is 0 Å². The van der Waals surface area contributed by atoms with Gasteiger partial charge in [-0.3, -0.25) is 4.79 Å². The van der Waals surface area contributed by atoms with E-state index in [1.54, 1.807) is 11.3 Å². The fourth-order valence-electron chi connectivity index (χ4n) is 4.83. The summed E-state index contributed by atoms with van der Waals surface area (Å²) in [6.07, 6.45) is 4.57. The van der Waals surface area contributed by atoms with Gasteiger partial charge in [-0.25, -0.2) is 4.98 Å². The van der Waals surface area contributed by atoms with Crippen LogP contribution in [0.4, 0.5) is 5.82 Å². The Morgan fingerprint density at radius 3 is 2.87 bits per heavy atom. The van der Waals surface area contributed by atoms with E-state index in [0.717, 1.165) is 62.3 Å². The quantitative estimate of drug-likeness (QED) is 0.566. The number of para-hydroxylation sites is 1. The topological polar surface area (TPSA) is 59.8 Å². The number of allylic oxidation sites excluding steroid dienone is 2. The van der Waals surface area contributed by atoms with Gasteiger partial charge in [-0.1, -0.05) is 37.3 Å². The molecule has 30 heavy (non-hydrogen) atoms. The molecule has 0 radical (unpaired) electrons. The molecule has 0 saturated carbocycles. The van der Waals surface area contributed by atoms with Crippen molar-refractivity contribution in [1.29, 1.82) is 0 Å². The molecule has 3 heterocycles. The van der Waals surface area contributed by atoms with Gasteiger partial charge < -0.3 is 5.32 Å². The van der Waals surface area contributed by atoms with Crippen LogP contribution in [0.15, 0.2) is 35.5 Å². The van der Waals surface area contributed by atoms with Crippen molar-refractivity contribution in [3.8, 4) is 5.13 Å². The number of nitrogens with zero attached hydrogens (tertiary/aromatic N) is 3. The summed E-state index contributed by atoms with van der Waals surface area (Å²) in [5.41, 5.74) is 5.17. The lowest BCUT2D eigenvalue weighted by atomic mass is 9.70. The average molecular weight is 439 g/mol. The molecule has 0 fully saturated rings. The Labute approximate surface area is 185 Å². The lowest BCUT2D eigenvalue weighted by Gasteiger charge is -2.38. The molecule has 0 amide bonds. The first-order chi connectivity index (χ1) is 14.4. The first-order valence-corrected chi connectivity index (χ1v) is 12.6. The Hall–Kier alpha value is -2.12. The smallest absolute Gasteiger partial charge is 0.213 e. The second-order valence-corrected chi connectivity index (χ2v) is 11.0. The van der Waals surface area contributed by atoms with Gasteiger partial charge in [-0.15, -0.1) is 0 Å². The van der Waals surface area contributed by atoms with E-state index < -0.39 is 0 Å². The largest absolute Gasteiger partial charge is 0.343 e. The third-order valence-corrected chi connectivity index (χ3v) is 7.72. The van der Waals surface area contributed by atoms with Crippen LogP contribution in [-0.2, 0) is 4.79 Å². The normalized spacial score (nSPS) is 20.3. The number of ketones is 1. The van der Waals surface area contributed by atoms with Crippen LogP contribution < -0.4 is 5.32 Å². The van der Waals surface area contributed by atoms with Crippen molar-refractivity contribution >= 4 is 44.9 Å². The van der Waals surface area contributed by atoms with E-state index in [4.69, 9.17) is 10.1 Å². The molecule has 1 aromatic carbocycles. The van der Waals surface area contributed by atoms with Crippen molar-refractivity contribution in [2.24, 2.45) is 5.41 Å². The SMILES string of the molecule is CSCC[C@@H]1C2=C(CC(C)(C)CC2=O)Nc2c1c(C)nn2-c1nc2ccccc2s1. The highest BCUT2D eigenvalue weighted by Gasteiger charge is 2.42. The molecule has 7 heteroatoms. The van der Waals surface area contributed by atoms with Gasteiger partial charge in [0.1, 0.15) is 5.82 Å². The lowest BCUT2D eigenvalue weighted by Crippen LogP contribution is -2.34. The van der Waals surface area contributed by atoms with E-state index in [1.807, 2.05) is 34.6 Å². The number of fused-ring (bicyclic) bond motifs is 2. The summed E-state index contributed by atoms with van der Waals surface area (Å²) in [6, 6.07) is 8.18. The van der Waals surface area contributed by atoms with E-state index in [9.17, 15) is 4.79 Å². The van der Waals surface area contributed by atoms with Crippen LogP contribution in [0.2, 0.25) is 0 Å². The molecule has 1 aliphatic heterocycles. The van der Waals surface area contributed by atoms with Crippen LogP contribution in [0.1, 0.15) is 50.3 Å². The van der Waals surface area contributed by atoms with Crippen LogP contribution in [0, 0.1) is 12.3 Å². The minimum Gasteiger partial charge on any atom is -0.343 e. The first-order valence-electron chi connectivity index (χ1n) is 10.4. The highest BCUT2D eigenvalue weighted by molar-refractivity contribution is 7.98. The molecule has 156 valence electrons. The van der Waals surface area contributed by atoms with Crippen LogP contribution in [0.5, 0.6) is 0 Å². The van der Waals surface area contributed by atoms with Crippen molar-refractivity contribution < 1.29 is 4.79 Å². The van der Waals surface area contributed by atoms with Crippen LogP contribution >= 0.6 is 23.1 Å². The van der Waals surface area contributed by atoms with Crippen LogP contribution in [0.3, 0.4) is 0 Å². The van der Waals surface area contributed by atoms with Gasteiger partial charge in [-0.05, 0) is 49.3 Å². The number of thioether (sulfide) groups is 1. The predicted octanol–water partition coefficient (Wildman–Crippen LogP) is 5.70. The first kappa shape index (κ1) is 19.8. The summed E-state index contributed by atoms with van der Waals surface area (Å²) in [7, 11) is 0. The maximum atomic E-state index is 13.2. The Balaban J connectivity index is 1.66.